The lowest BCUT2D eigenvalue weighted by molar-refractivity contribution is -0.120. The molecule has 138 valence electrons. The minimum atomic E-state index is -0.607. The summed E-state index contributed by atoms with van der Waals surface area (Å²) in [6.07, 6.45) is 0.967. The number of hydrazone groups is 1. The van der Waals surface area contributed by atoms with Crippen LogP contribution in [0.3, 0.4) is 0 Å². The minimum Gasteiger partial charge on any atom is -0.450 e. The Kier molecular flexibility index (Phi) is 7.03. The topological polar surface area (TPSA) is 109 Å². The third-order valence-corrected chi connectivity index (χ3v) is 3.91. The molecule has 1 heterocycles. The highest BCUT2D eigenvalue weighted by molar-refractivity contribution is 7.15. The molecule has 26 heavy (non-hydrogen) atoms. The van der Waals surface area contributed by atoms with Gasteiger partial charge in [0, 0.05) is 19.8 Å². The van der Waals surface area contributed by atoms with Gasteiger partial charge in [0.25, 0.3) is 0 Å². The number of amides is 2. The fourth-order valence-electron chi connectivity index (χ4n) is 1.84. The van der Waals surface area contributed by atoms with Gasteiger partial charge in [-0.1, -0.05) is 23.5 Å². The van der Waals surface area contributed by atoms with Crippen LogP contribution in [0, 0.1) is 0 Å². The van der Waals surface area contributed by atoms with Crippen molar-refractivity contribution in [2.75, 3.05) is 30.9 Å². The summed E-state index contributed by atoms with van der Waals surface area (Å²) in [5.41, 5.74) is 4.38. The fourth-order valence-corrected chi connectivity index (χ4v) is 2.57. The number of hydrogen-bond acceptors (Lipinski definition) is 8. The van der Waals surface area contributed by atoms with E-state index in [-0.39, 0.29) is 24.1 Å². The van der Waals surface area contributed by atoms with Gasteiger partial charge in [-0.2, -0.15) is 5.10 Å². The van der Waals surface area contributed by atoms with Crippen LogP contribution in [-0.2, 0) is 16.0 Å². The van der Waals surface area contributed by atoms with E-state index in [0.29, 0.717) is 5.01 Å². The van der Waals surface area contributed by atoms with E-state index in [2.05, 4.69) is 26.0 Å². The molecule has 10 heteroatoms. The first-order valence-corrected chi connectivity index (χ1v) is 8.65. The number of carbonyl (C=O) groups is 2. The van der Waals surface area contributed by atoms with Gasteiger partial charge in [0.2, 0.25) is 11.0 Å². The molecule has 0 atom stereocenters. The van der Waals surface area contributed by atoms with Crippen LogP contribution >= 0.6 is 11.3 Å². The zero-order chi connectivity index (χ0) is 18.9. The molecule has 2 amide bonds. The molecule has 0 unspecified atom stereocenters. The van der Waals surface area contributed by atoms with Crippen LogP contribution < -0.4 is 15.6 Å². The van der Waals surface area contributed by atoms with E-state index in [0.717, 1.165) is 22.6 Å². The number of aromatic nitrogens is 2. The van der Waals surface area contributed by atoms with Crippen LogP contribution in [0.2, 0.25) is 0 Å². The summed E-state index contributed by atoms with van der Waals surface area (Å²) in [5.74, 6) is -0.329. The lowest BCUT2D eigenvalue weighted by atomic mass is 10.2. The van der Waals surface area contributed by atoms with Gasteiger partial charge in [-0.15, -0.1) is 10.2 Å². The van der Waals surface area contributed by atoms with Gasteiger partial charge in [0.15, 0.2) is 0 Å². The second kappa shape index (κ2) is 9.47. The number of carbonyl (C=O) groups excluding carboxylic acids is 2. The first-order valence-electron chi connectivity index (χ1n) is 7.83. The Labute approximate surface area is 155 Å². The minimum absolute atomic E-state index is 0.0130. The zero-order valence-electron chi connectivity index (χ0n) is 14.7. The van der Waals surface area contributed by atoms with Gasteiger partial charge in [-0.05, 0) is 24.6 Å². The van der Waals surface area contributed by atoms with Gasteiger partial charge in [0.1, 0.15) is 5.01 Å². The molecule has 0 fully saturated rings. The molecular weight excluding hydrogens is 356 g/mol. The Morgan fingerprint density at radius 3 is 2.65 bits per heavy atom. The number of nitrogens with zero attached hydrogens (tertiary/aromatic N) is 4. The van der Waals surface area contributed by atoms with Gasteiger partial charge in [-0.25, -0.2) is 10.2 Å². The quantitative estimate of drug-likeness (QED) is 0.564. The van der Waals surface area contributed by atoms with Crippen LogP contribution in [0.1, 0.15) is 17.5 Å². The van der Waals surface area contributed by atoms with E-state index in [1.54, 1.807) is 13.1 Å². The van der Waals surface area contributed by atoms with Crippen molar-refractivity contribution in [2.45, 2.75) is 13.3 Å². The molecule has 1 aromatic heterocycles. The van der Waals surface area contributed by atoms with E-state index in [1.807, 2.05) is 43.3 Å². The van der Waals surface area contributed by atoms with Crippen LogP contribution in [0.25, 0.3) is 0 Å². The summed E-state index contributed by atoms with van der Waals surface area (Å²) in [6.45, 7) is 1.96. The maximum atomic E-state index is 11.9. The zero-order valence-corrected chi connectivity index (χ0v) is 15.5. The molecule has 0 spiro atoms. The van der Waals surface area contributed by atoms with Gasteiger partial charge in [-0.3, -0.25) is 10.1 Å². The van der Waals surface area contributed by atoms with Crippen LogP contribution in [0.4, 0.5) is 15.6 Å². The largest absolute Gasteiger partial charge is 0.450 e. The molecule has 0 saturated carbocycles. The lowest BCUT2D eigenvalue weighted by Crippen LogP contribution is -2.19. The van der Waals surface area contributed by atoms with Gasteiger partial charge in [0.05, 0.1) is 19.2 Å². The first kappa shape index (κ1) is 19.3. The number of hydrogen-bond donors (Lipinski definition) is 2. The molecular formula is C16H20N6O3S. The second-order valence-electron chi connectivity index (χ2n) is 5.30. The van der Waals surface area contributed by atoms with Crippen molar-refractivity contribution in [3.8, 4) is 0 Å². The maximum Gasteiger partial charge on any atom is 0.413 e. The van der Waals surface area contributed by atoms with Crippen molar-refractivity contribution in [3.05, 3.63) is 34.8 Å². The SMILES string of the molecule is CCOC(=O)Nc1nnc(CC(=O)N/N=C\c2ccc(N(C)C)cc2)s1. The van der Waals surface area contributed by atoms with E-state index in [1.165, 1.54) is 0 Å². The molecule has 0 bridgehead atoms. The molecule has 0 aliphatic heterocycles. The van der Waals surface area contributed by atoms with Crippen LogP contribution in [-0.4, -0.2) is 49.1 Å². The van der Waals surface area contributed by atoms with E-state index in [4.69, 9.17) is 4.74 Å². The Hall–Kier alpha value is -3.01. The highest BCUT2D eigenvalue weighted by atomic mass is 32.1. The molecule has 2 aromatic rings. The van der Waals surface area contributed by atoms with Crippen molar-refractivity contribution in [1.82, 2.24) is 15.6 Å². The normalized spacial score (nSPS) is 10.6. The third-order valence-electron chi connectivity index (χ3n) is 3.08. The molecule has 2 N–H and O–H groups in total. The molecule has 0 radical (unpaired) electrons. The summed E-state index contributed by atoms with van der Waals surface area (Å²) in [7, 11) is 3.93. The van der Waals surface area contributed by atoms with Crippen LogP contribution in [0.5, 0.6) is 0 Å². The van der Waals surface area contributed by atoms with Gasteiger partial charge < -0.3 is 9.64 Å². The van der Waals surface area contributed by atoms with E-state index < -0.39 is 6.09 Å². The van der Waals surface area contributed by atoms with Crippen molar-refractivity contribution in [1.29, 1.82) is 0 Å². The predicted molar refractivity (Wildman–Crippen MR) is 101 cm³/mol. The van der Waals surface area contributed by atoms with Crippen molar-refractivity contribution >= 4 is 40.4 Å². The molecule has 0 saturated heterocycles. The number of nitrogens with one attached hydrogen (secondary N) is 2. The van der Waals surface area contributed by atoms with Crippen molar-refractivity contribution < 1.29 is 14.3 Å². The van der Waals surface area contributed by atoms with E-state index >= 15 is 0 Å². The smallest absolute Gasteiger partial charge is 0.413 e. The number of ether oxygens (including phenoxy) is 1. The van der Waals surface area contributed by atoms with Gasteiger partial charge >= 0.3 is 6.09 Å². The molecule has 0 aliphatic rings. The average molecular weight is 376 g/mol. The molecule has 0 aliphatic carbocycles. The average Bonchev–Trinajstić information content (AvgIpc) is 3.02. The number of benzene rings is 1. The number of anilines is 2. The predicted octanol–water partition coefficient (Wildman–Crippen LogP) is 1.87. The molecule has 2 rings (SSSR count). The lowest BCUT2D eigenvalue weighted by Gasteiger charge is -2.11. The highest BCUT2D eigenvalue weighted by Gasteiger charge is 2.11. The monoisotopic (exact) mass is 376 g/mol. The van der Waals surface area contributed by atoms with Crippen LogP contribution in [0.15, 0.2) is 29.4 Å². The summed E-state index contributed by atoms with van der Waals surface area (Å²) in [4.78, 5) is 25.2. The summed E-state index contributed by atoms with van der Waals surface area (Å²) in [6, 6.07) is 7.73. The molecule has 1 aromatic carbocycles. The maximum absolute atomic E-state index is 11.9. The summed E-state index contributed by atoms with van der Waals surface area (Å²) >= 11 is 1.10. The Balaban J connectivity index is 1.81. The van der Waals surface area contributed by atoms with E-state index in [9.17, 15) is 9.59 Å². The van der Waals surface area contributed by atoms with Crippen molar-refractivity contribution in [2.24, 2.45) is 5.10 Å². The molecule has 9 nitrogen and oxygen atoms in total. The van der Waals surface area contributed by atoms with Crippen molar-refractivity contribution in [3.63, 3.8) is 0 Å². The highest BCUT2D eigenvalue weighted by Crippen LogP contribution is 2.15. The third kappa shape index (κ3) is 6.13. The number of rotatable bonds is 7. The standard InChI is InChI=1S/C16H20N6O3S/c1-4-25-16(24)18-15-21-20-14(26-15)9-13(23)19-17-10-11-5-7-12(8-6-11)22(2)3/h5-8,10H,4,9H2,1-3H3,(H,19,23)(H,18,21,24)/b17-10-. The first-order chi connectivity index (χ1) is 12.5. The fraction of sp³-hybridized carbons (Fsp3) is 0.312. The second-order valence-corrected chi connectivity index (χ2v) is 6.36. The Morgan fingerprint density at radius 2 is 2.00 bits per heavy atom. The Morgan fingerprint density at radius 1 is 1.27 bits per heavy atom. The summed E-state index contributed by atoms with van der Waals surface area (Å²) < 4.78 is 4.74. The summed E-state index contributed by atoms with van der Waals surface area (Å²) in [5, 5.41) is 14.7. The Bertz CT molecular complexity index is 773.